The highest BCUT2D eigenvalue weighted by Gasteiger charge is 2.39. The van der Waals surface area contributed by atoms with Crippen molar-refractivity contribution in [1.82, 2.24) is 15.5 Å². The van der Waals surface area contributed by atoms with Gasteiger partial charge in [0.1, 0.15) is 0 Å². The first kappa shape index (κ1) is 23.0. The van der Waals surface area contributed by atoms with Crippen LogP contribution in [0.15, 0.2) is 53.9 Å². The SMILES string of the molecule is CCCCCNC(=O)c1cccc(CN2C(=N)NC(C)(c3ccc4sccc4c3)CC2=O)c1. The number of unbranched alkanes of at least 4 members (excludes halogenated alkanes) is 2. The first-order valence-electron chi connectivity index (χ1n) is 11.4. The number of guanidine groups is 1. The molecule has 0 saturated carbocycles. The number of hydrogen-bond acceptors (Lipinski definition) is 4. The zero-order chi connectivity index (χ0) is 23.4. The van der Waals surface area contributed by atoms with Gasteiger partial charge in [0.15, 0.2) is 5.96 Å². The van der Waals surface area contributed by atoms with Crippen molar-refractivity contribution in [3.8, 4) is 0 Å². The van der Waals surface area contributed by atoms with Crippen LogP contribution in [-0.2, 0) is 16.9 Å². The Labute approximate surface area is 198 Å². The van der Waals surface area contributed by atoms with Gasteiger partial charge in [0.25, 0.3) is 5.91 Å². The molecular formula is C26H30N4O2S. The molecule has 4 rings (SSSR count). The fourth-order valence-electron chi connectivity index (χ4n) is 4.22. The van der Waals surface area contributed by atoms with E-state index in [1.54, 1.807) is 23.5 Å². The summed E-state index contributed by atoms with van der Waals surface area (Å²) in [6.45, 7) is 5.01. The molecule has 6 nitrogen and oxygen atoms in total. The zero-order valence-electron chi connectivity index (χ0n) is 19.1. The van der Waals surface area contributed by atoms with Crippen molar-refractivity contribution in [2.45, 2.75) is 51.6 Å². The second-order valence-corrected chi connectivity index (χ2v) is 9.75. The van der Waals surface area contributed by atoms with Gasteiger partial charge < -0.3 is 10.6 Å². The van der Waals surface area contributed by atoms with Gasteiger partial charge in [-0.25, -0.2) is 0 Å². The van der Waals surface area contributed by atoms with Gasteiger partial charge in [-0.15, -0.1) is 11.3 Å². The van der Waals surface area contributed by atoms with Crippen molar-refractivity contribution >= 4 is 39.2 Å². The van der Waals surface area contributed by atoms with Crippen LogP contribution in [0.4, 0.5) is 0 Å². The molecule has 0 bridgehead atoms. The van der Waals surface area contributed by atoms with E-state index < -0.39 is 5.54 Å². The smallest absolute Gasteiger partial charge is 0.251 e. The molecule has 0 spiro atoms. The van der Waals surface area contributed by atoms with Crippen LogP contribution in [0.5, 0.6) is 0 Å². The first-order valence-corrected chi connectivity index (χ1v) is 12.3. The van der Waals surface area contributed by atoms with Gasteiger partial charge in [0.2, 0.25) is 5.91 Å². The average molecular weight is 463 g/mol. The van der Waals surface area contributed by atoms with Gasteiger partial charge in [-0.05, 0) is 65.6 Å². The molecule has 0 aliphatic carbocycles. The minimum atomic E-state index is -0.638. The third kappa shape index (κ3) is 5.09. The van der Waals surface area contributed by atoms with Crippen LogP contribution >= 0.6 is 11.3 Å². The van der Waals surface area contributed by atoms with Gasteiger partial charge in [0, 0.05) is 16.8 Å². The molecule has 3 aromatic rings. The van der Waals surface area contributed by atoms with Crippen molar-refractivity contribution in [3.05, 3.63) is 70.6 Å². The van der Waals surface area contributed by atoms with Crippen molar-refractivity contribution in [2.75, 3.05) is 6.54 Å². The molecule has 1 unspecified atom stereocenters. The van der Waals surface area contributed by atoms with E-state index >= 15 is 0 Å². The largest absolute Gasteiger partial charge is 0.352 e. The maximum absolute atomic E-state index is 13.1. The zero-order valence-corrected chi connectivity index (χ0v) is 19.9. The van der Waals surface area contributed by atoms with Gasteiger partial charge in [0.05, 0.1) is 18.5 Å². The summed E-state index contributed by atoms with van der Waals surface area (Å²) in [4.78, 5) is 27.0. The fourth-order valence-corrected chi connectivity index (χ4v) is 4.99. The number of fused-ring (bicyclic) bond motifs is 1. The summed E-state index contributed by atoms with van der Waals surface area (Å²) in [6.07, 6.45) is 3.41. The summed E-state index contributed by atoms with van der Waals surface area (Å²) in [5, 5.41) is 18.0. The van der Waals surface area contributed by atoms with E-state index in [2.05, 4.69) is 41.1 Å². The maximum atomic E-state index is 13.1. The summed E-state index contributed by atoms with van der Waals surface area (Å²) in [6, 6.07) is 15.5. The first-order chi connectivity index (χ1) is 15.9. The van der Waals surface area contributed by atoms with Crippen LogP contribution in [0.25, 0.3) is 10.1 Å². The molecule has 1 aliphatic heterocycles. The molecule has 2 amide bonds. The van der Waals surface area contributed by atoms with E-state index in [-0.39, 0.29) is 30.7 Å². The molecule has 7 heteroatoms. The number of nitrogens with one attached hydrogen (secondary N) is 3. The lowest BCUT2D eigenvalue weighted by atomic mass is 9.86. The van der Waals surface area contributed by atoms with Crippen LogP contribution in [0, 0.1) is 5.41 Å². The fraction of sp³-hybridized carbons (Fsp3) is 0.346. The van der Waals surface area contributed by atoms with Crippen LogP contribution < -0.4 is 10.6 Å². The Bertz CT molecular complexity index is 1170. The molecule has 1 atom stereocenters. The monoisotopic (exact) mass is 462 g/mol. The molecule has 2 aromatic carbocycles. The molecule has 0 radical (unpaired) electrons. The minimum absolute atomic E-state index is 0.0774. The third-order valence-corrected chi connectivity index (χ3v) is 7.05. The highest BCUT2D eigenvalue weighted by atomic mass is 32.1. The molecule has 1 saturated heterocycles. The lowest BCUT2D eigenvalue weighted by Gasteiger charge is -2.41. The van der Waals surface area contributed by atoms with Crippen molar-refractivity contribution in [3.63, 3.8) is 0 Å². The van der Waals surface area contributed by atoms with Crippen LogP contribution in [-0.4, -0.2) is 29.2 Å². The minimum Gasteiger partial charge on any atom is -0.352 e. The third-order valence-electron chi connectivity index (χ3n) is 6.16. The highest BCUT2D eigenvalue weighted by molar-refractivity contribution is 7.17. The Morgan fingerprint density at radius 1 is 1.21 bits per heavy atom. The van der Waals surface area contributed by atoms with Crippen LogP contribution in [0.2, 0.25) is 0 Å². The molecular weight excluding hydrogens is 432 g/mol. The Morgan fingerprint density at radius 2 is 2.06 bits per heavy atom. The number of hydrogen-bond donors (Lipinski definition) is 3. The Kier molecular flexibility index (Phi) is 6.79. The van der Waals surface area contributed by atoms with E-state index in [0.29, 0.717) is 12.1 Å². The van der Waals surface area contributed by atoms with Gasteiger partial charge >= 0.3 is 0 Å². The number of carbonyl (C=O) groups excluding carboxylic acids is 2. The molecule has 1 aromatic heterocycles. The van der Waals surface area contributed by atoms with Gasteiger partial charge in [-0.1, -0.05) is 38.0 Å². The normalized spacial score (nSPS) is 18.4. The number of amides is 2. The molecule has 172 valence electrons. The Morgan fingerprint density at radius 3 is 2.85 bits per heavy atom. The van der Waals surface area contributed by atoms with Crippen molar-refractivity contribution < 1.29 is 9.59 Å². The Hall–Kier alpha value is -3.19. The van der Waals surface area contributed by atoms with E-state index in [9.17, 15) is 9.59 Å². The molecule has 3 N–H and O–H groups in total. The number of carbonyl (C=O) groups is 2. The lowest BCUT2D eigenvalue weighted by molar-refractivity contribution is -0.131. The van der Waals surface area contributed by atoms with E-state index in [1.807, 2.05) is 25.1 Å². The predicted octanol–water partition coefficient (Wildman–Crippen LogP) is 4.99. The van der Waals surface area contributed by atoms with Gasteiger partial charge in [-0.2, -0.15) is 0 Å². The van der Waals surface area contributed by atoms with E-state index in [1.165, 1.54) is 9.60 Å². The topological polar surface area (TPSA) is 85.3 Å². The summed E-state index contributed by atoms with van der Waals surface area (Å²) >= 11 is 1.69. The molecule has 2 heterocycles. The summed E-state index contributed by atoms with van der Waals surface area (Å²) in [5.74, 6) is -0.141. The number of nitrogens with zero attached hydrogens (tertiary/aromatic N) is 1. The summed E-state index contributed by atoms with van der Waals surface area (Å²) in [7, 11) is 0. The average Bonchev–Trinajstić information content (AvgIpc) is 3.27. The van der Waals surface area contributed by atoms with Crippen molar-refractivity contribution in [1.29, 1.82) is 5.41 Å². The summed E-state index contributed by atoms with van der Waals surface area (Å²) < 4.78 is 1.20. The van der Waals surface area contributed by atoms with Crippen LogP contribution in [0.1, 0.15) is 61.0 Å². The highest BCUT2D eigenvalue weighted by Crippen LogP contribution is 2.33. The number of rotatable bonds is 8. The molecule has 1 aliphatic rings. The number of thiophene rings is 1. The number of benzene rings is 2. The standard InChI is InChI=1S/C26H30N4O2S/c1-3-4-5-12-28-24(32)20-8-6-7-18(14-20)17-30-23(31)16-26(2,29-25(30)27)21-9-10-22-19(15-21)11-13-33-22/h6-11,13-15H,3-5,12,16-17H2,1-2H3,(H2,27,29)(H,28,32). The quantitative estimate of drug-likeness (QED) is 0.412. The van der Waals surface area contributed by atoms with Crippen LogP contribution in [0.3, 0.4) is 0 Å². The van der Waals surface area contributed by atoms with E-state index in [4.69, 9.17) is 5.41 Å². The second kappa shape index (κ2) is 9.75. The van der Waals surface area contributed by atoms with E-state index in [0.717, 1.165) is 35.8 Å². The maximum Gasteiger partial charge on any atom is 0.251 e. The van der Waals surface area contributed by atoms with Crippen molar-refractivity contribution in [2.24, 2.45) is 0 Å². The molecule has 33 heavy (non-hydrogen) atoms. The second-order valence-electron chi connectivity index (χ2n) is 8.80. The molecule has 1 fully saturated rings. The van der Waals surface area contributed by atoms with Gasteiger partial charge in [-0.3, -0.25) is 19.9 Å². The Balaban J connectivity index is 1.44. The summed E-state index contributed by atoms with van der Waals surface area (Å²) in [5.41, 5.74) is 1.75. The lowest BCUT2D eigenvalue weighted by Crippen LogP contribution is -2.59. The predicted molar refractivity (Wildman–Crippen MR) is 134 cm³/mol.